The molecular weight excluding hydrogens is 1540 g/mol. The monoisotopic (exact) mass is 1760 g/mol. The molecule has 0 fully saturated rings. The Labute approximate surface area is 764 Å². The van der Waals surface area contributed by atoms with E-state index in [9.17, 15) is 0 Å². The van der Waals surface area contributed by atoms with E-state index in [1.54, 1.807) is 0 Å². The van der Waals surface area contributed by atoms with Gasteiger partial charge in [-0.25, -0.2) is 0 Å². The van der Waals surface area contributed by atoms with Crippen LogP contribution in [0, 0.1) is 55.7 Å². The molecule has 0 aromatic carbocycles. The Morgan fingerprint density at radius 2 is 0.361 bits per heavy atom. The lowest BCUT2D eigenvalue weighted by atomic mass is 9.89. The highest BCUT2D eigenvalue weighted by Gasteiger charge is 2.17. The number of nitrogens with two attached hydrogens (primary N) is 3. The Bertz CT molecular complexity index is 1810. The number of hydrogen-bond donors (Lipinski definition) is 7. The first-order chi connectivity index (χ1) is 55.7. The van der Waals surface area contributed by atoms with Crippen molar-refractivity contribution >= 4 is 0 Å². The van der Waals surface area contributed by atoms with Crippen molar-refractivity contribution in [2.75, 3.05) is 231 Å². The van der Waals surface area contributed by atoms with Gasteiger partial charge in [-0.15, -0.1) is 0 Å². The summed E-state index contributed by atoms with van der Waals surface area (Å²) in [5.74, 6) is 2.50. The van der Waals surface area contributed by atoms with Gasteiger partial charge in [-0.3, -0.25) is 0 Å². The molecule has 752 valence electrons. The molecule has 0 bridgehead atoms. The molecule has 0 saturated heterocycles. The standard InChI is InChI=1S/C15H33NO3.C14H31N.C13H29NO4.C13H29NO.C12H27NO.C11H25NO3.C11H25NO2.3C4H10/c1-14(2,3)13-19-12-11-18-10-9-17-8-7-16-15(4,5)6;1-13(2,3)11-9-7-8-10-12-15-14(4,5)6;1-13(2,3)12-18-11-10-17-9-8-16-7-6-15-5-4-14;1-12(2,3)11-15-10-8-7-9-14-13(4,5)6;1-11(2,3)10-14-9-7-8-13-12(4,5)6;1-11(2,3)10-15-9-8-14-7-6-13-5-4-12;1-11(2,3)10-14-9-5-8-13-7-4-6-12;3*1-4(2)3/h16H,7-13H2,1-6H3;15H,7-12H2,1-6H3;4-12,14H2,1-3H3;14H,7-11H2,1-6H3;13H,7-10H2,1-6H3;4-10,12H2,1-3H3;4-10,12H2,1-3H3;3*4H,1-3H3. The smallest absolute Gasteiger partial charge is 0.0701 e. The Balaban J connectivity index is -0.000000147. The molecule has 0 aromatic heterocycles. The predicted molar refractivity (Wildman–Crippen MR) is 534 cm³/mol. The third-order valence-corrected chi connectivity index (χ3v) is 13.3. The first-order valence-electron chi connectivity index (χ1n) is 47.9. The molecule has 0 saturated carbocycles. The van der Waals surface area contributed by atoms with Crippen molar-refractivity contribution in [3.63, 3.8) is 0 Å². The van der Waals surface area contributed by atoms with E-state index in [2.05, 4.69) is 312 Å². The van der Waals surface area contributed by atoms with Crippen LogP contribution in [0.1, 0.15) is 355 Å². The summed E-state index contributed by atoms with van der Waals surface area (Å²) in [5.41, 5.74) is 18.8. The quantitative estimate of drug-likeness (QED) is 0.0279. The fourth-order valence-corrected chi connectivity index (χ4v) is 8.05. The van der Waals surface area contributed by atoms with E-state index in [1.165, 1.54) is 45.1 Å². The van der Waals surface area contributed by atoms with Gasteiger partial charge in [-0.1, -0.05) is 227 Å². The van der Waals surface area contributed by atoms with E-state index in [0.717, 1.165) is 142 Å². The molecule has 0 amide bonds. The maximum atomic E-state index is 5.60. The zero-order valence-electron chi connectivity index (χ0n) is 90.5. The second-order valence-corrected chi connectivity index (χ2v) is 46.3. The molecular formula is C101H229N7O14. The minimum absolute atomic E-state index is 0.157. The zero-order chi connectivity index (χ0) is 96.8. The van der Waals surface area contributed by atoms with Gasteiger partial charge in [0.25, 0.3) is 0 Å². The first-order valence-corrected chi connectivity index (χ1v) is 47.9. The van der Waals surface area contributed by atoms with Crippen LogP contribution in [0.25, 0.3) is 0 Å². The van der Waals surface area contributed by atoms with E-state index in [0.29, 0.717) is 136 Å². The van der Waals surface area contributed by atoms with Gasteiger partial charge in [0.1, 0.15) is 0 Å². The molecule has 0 aliphatic carbocycles. The fourth-order valence-electron chi connectivity index (χ4n) is 8.05. The van der Waals surface area contributed by atoms with Crippen molar-refractivity contribution in [2.45, 2.75) is 377 Å². The number of unbranched alkanes of at least 4 members (excludes halogenated alkanes) is 4. The molecule has 0 heterocycles. The molecule has 0 spiro atoms. The lowest BCUT2D eigenvalue weighted by Gasteiger charge is -2.21. The molecule has 0 rings (SSSR count). The maximum absolute atomic E-state index is 5.60. The molecule has 21 heteroatoms. The van der Waals surface area contributed by atoms with Crippen LogP contribution in [0.15, 0.2) is 0 Å². The van der Waals surface area contributed by atoms with E-state index >= 15 is 0 Å². The maximum Gasteiger partial charge on any atom is 0.0701 e. The Kier molecular flexibility index (Phi) is 105. The Morgan fingerprint density at radius 1 is 0.172 bits per heavy atom. The van der Waals surface area contributed by atoms with Crippen LogP contribution in [0.2, 0.25) is 0 Å². The minimum atomic E-state index is 0.157. The average Bonchev–Trinajstić information content (AvgIpc) is 0.987. The average molecular weight is 1770 g/mol. The highest BCUT2D eigenvalue weighted by atomic mass is 16.6. The third kappa shape index (κ3) is 214. The van der Waals surface area contributed by atoms with E-state index < -0.39 is 0 Å². The van der Waals surface area contributed by atoms with Crippen molar-refractivity contribution in [2.24, 2.45) is 72.9 Å². The fraction of sp³-hybridized carbons (Fsp3) is 1.00. The van der Waals surface area contributed by atoms with Crippen molar-refractivity contribution in [3.8, 4) is 0 Å². The summed E-state index contributed by atoms with van der Waals surface area (Å²) >= 11 is 0. The minimum Gasteiger partial charge on any atom is -0.381 e. The van der Waals surface area contributed by atoms with Crippen molar-refractivity contribution < 1.29 is 66.3 Å². The van der Waals surface area contributed by atoms with Crippen LogP contribution in [-0.2, 0) is 66.3 Å². The molecule has 0 aromatic rings. The van der Waals surface area contributed by atoms with Crippen molar-refractivity contribution in [3.05, 3.63) is 0 Å². The van der Waals surface area contributed by atoms with Crippen molar-refractivity contribution in [1.82, 2.24) is 21.3 Å². The van der Waals surface area contributed by atoms with Gasteiger partial charge in [0, 0.05) is 74.8 Å². The topological polar surface area (TPSA) is 255 Å². The van der Waals surface area contributed by atoms with Crippen LogP contribution in [0.3, 0.4) is 0 Å². The molecule has 0 aliphatic heterocycles. The van der Waals surface area contributed by atoms with Crippen molar-refractivity contribution in [1.29, 1.82) is 0 Å². The molecule has 0 radical (unpaired) electrons. The molecule has 10 N–H and O–H groups in total. The number of ether oxygens (including phenoxy) is 14. The molecule has 0 aliphatic rings. The highest BCUT2D eigenvalue weighted by Crippen LogP contribution is 2.23. The van der Waals surface area contributed by atoms with E-state index in [1.807, 2.05) is 0 Å². The van der Waals surface area contributed by atoms with Crippen LogP contribution < -0.4 is 38.5 Å². The summed E-state index contributed by atoms with van der Waals surface area (Å²) in [5, 5.41) is 13.8. The summed E-state index contributed by atoms with van der Waals surface area (Å²) in [6.07, 6.45) is 12.2. The summed E-state index contributed by atoms with van der Waals surface area (Å²) < 4.78 is 75.6. The lowest BCUT2D eigenvalue weighted by molar-refractivity contribution is -0.0103. The third-order valence-electron chi connectivity index (χ3n) is 13.3. The molecule has 21 nitrogen and oxygen atoms in total. The zero-order valence-corrected chi connectivity index (χ0v) is 90.5. The van der Waals surface area contributed by atoms with Gasteiger partial charge < -0.3 is 105 Å². The summed E-state index contributed by atoms with van der Waals surface area (Å²) in [4.78, 5) is 0. The largest absolute Gasteiger partial charge is 0.381 e. The summed E-state index contributed by atoms with van der Waals surface area (Å²) in [7, 11) is 0. The van der Waals surface area contributed by atoms with Crippen LogP contribution in [0.4, 0.5) is 0 Å². The van der Waals surface area contributed by atoms with Gasteiger partial charge in [0.15, 0.2) is 0 Å². The van der Waals surface area contributed by atoms with Crippen LogP contribution in [-0.4, -0.2) is 253 Å². The van der Waals surface area contributed by atoms with Gasteiger partial charge in [0.2, 0.25) is 0 Å². The predicted octanol–water partition coefficient (Wildman–Crippen LogP) is 21.8. The second-order valence-electron chi connectivity index (χ2n) is 46.3. The first kappa shape index (κ1) is 142. The Morgan fingerprint density at radius 3 is 0.615 bits per heavy atom. The van der Waals surface area contributed by atoms with Crippen LogP contribution in [0.5, 0.6) is 0 Å². The van der Waals surface area contributed by atoms with Gasteiger partial charge in [-0.2, -0.15) is 0 Å². The summed E-state index contributed by atoms with van der Waals surface area (Å²) in [6.45, 7) is 117. The van der Waals surface area contributed by atoms with E-state index in [-0.39, 0.29) is 49.2 Å². The van der Waals surface area contributed by atoms with Gasteiger partial charge in [0.05, 0.1) is 152 Å². The molecule has 122 heavy (non-hydrogen) atoms. The van der Waals surface area contributed by atoms with E-state index in [4.69, 9.17) is 83.5 Å². The van der Waals surface area contributed by atoms with Gasteiger partial charge >= 0.3 is 0 Å². The highest BCUT2D eigenvalue weighted by molar-refractivity contribution is 4.73. The normalized spacial score (nSPS) is 12.3. The number of hydrogen-bond acceptors (Lipinski definition) is 21. The second kappa shape index (κ2) is 90.7. The van der Waals surface area contributed by atoms with Crippen LogP contribution >= 0.6 is 0 Å². The lowest BCUT2D eigenvalue weighted by Crippen LogP contribution is -2.38. The van der Waals surface area contributed by atoms with Gasteiger partial charge in [-0.05, 0) is 210 Å². The SMILES string of the molecule is CC(C)(C)CCCCCCNC(C)(C)C.CC(C)(C)COCCCCNC(C)(C)C.CC(C)(C)COCCCNC(C)(C)C.CC(C)(C)COCCCOCCCN.CC(C)(C)COCCOCCOCCN.CC(C)(C)COCCOCCOCCNC(C)(C)C.CC(C)(C)COCCOCCOCCOCCN.CC(C)C.CC(C)C.CC(C)C. The number of nitrogens with one attached hydrogen (secondary N) is 4. The molecule has 0 unspecified atom stereocenters. The number of rotatable bonds is 56. The summed E-state index contributed by atoms with van der Waals surface area (Å²) in [6, 6.07) is 0. The Hall–Kier alpha value is -0.840. The molecule has 0 atom stereocenters.